The van der Waals surface area contributed by atoms with Crippen molar-refractivity contribution in [2.24, 2.45) is 0 Å². The third kappa shape index (κ3) is 5.43. The first-order valence-corrected chi connectivity index (χ1v) is 19.9. The Morgan fingerprint density at radius 1 is 0.492 bits per heavy atom. The number of hydrogen-bond acceptors (Lipinski definition) is 5. The van der Waals surface area contributed by atoms with Crippen molar-refractivity contribution < 1.29 is 4.42 Å². The maximum atomic E-state index is 6.19. The van der Waals surface area contributed by atoms with E-state index < -0.39 is 0 Å². The molecule has 1 unspecified atom stereocenters. The molecule has 0 amide bonds. The lowest BCUT2D eigenvalue weighted by Gasteiger charge is -2.22. The zero-order valence-electron chi connectivity index (χ0n) is 31.8. The molecule has 4 aromatic heterocycles. The number of para-hydroxylation sites is 4. The molecule has 0 spiro atoms. The van der Waals surface area contributed by atoms with Gasteiger partial charge in [-0.25, -0.2) is 9.97 Å². The van der Waals surface area contributed by atoms with Crippen molar-refractivity contribution in [3.63, 3.8) is 0 Å². The summed E-state index contributed by atoms with van der Waals surface area (Å²) in [6.45, 7) is 0. The summed E-state index contributed by atoms with van der Waals surface area (Å²) in [6.07, 6.45) is 7.56. The van der Waals surface area contributed by atoms with Gasteiger partial charge in [0.25, 0.3) is 0 Å². The summed E-state index contributed by atoms with van der Waals surface area (Å²) < 4.78 is 10.9. The minimum atomic E-state index is 0.131. The molecule has 0 radical (unpaired) electrons. The fraction of sp³-hybridized carbons (Fsp3) is 0.0385. The average Bonchev–Trinajstić information content (AvgIpc) is 4.00. The summed E-state index contributed by atoms with van der Waals surface area (Å²) in [5.41, 5.74) is 11.2. The molecule has 7 heteroatoms. The molecule has 7 nitrogen and oxygen atoms in total. The number of allylic oxidation sites excluding steroid dienone is 4. The average molecular weight is 759 g/mol. The van der Waals surface area contributed by atoms with Gasteiger partial charge in [-0.05, 0) is 54.5 Å². The quantitative estimate of drug-likeness (QED) is 0.169. The van der Waals surface area contributed by atoms with Crippen LogP contribution >= 0.6 is 0 Å². The maximum Gasteiger partial charge on any atom is 0.238 e. The number of rotatable bonds is 6. The molecule has 0 aliphatic heterocycles. The lowest BCUT2D eigenvalue weighted by Crippen LogP contribution is -2.08. The molecule has 0 fully saturated rings. The monoisotopic (exact) mass is 758 g/mol. The molecule has 1 aliphatic carbocycles. The summed E-state index contributed by atoms with van der Waals surface area (Å²) in [7, 11) is 0. The van der Waals surface area contributed by atoms with E-state index in [1.165, 1.54) is 22.0 Å². The Morgan fingerprint density at radius 3 is 1.78 bits per heavy atom. The van der Waals surface area contributed by atoms with Gasteiger partial charge in [0.05, 0.1) is 22.1 Å². The van der Waals surface area contributed by atoms with Crippen molar-refractivity contribution in [3.8, 4) is 40.2 Å². The van der Waals surface area contributed by atoms with Crippen LogP contribution in [0.5, 0.6) is 0 Å². The summed E-state index contributed by atoms with van der Waals surface area (Å²) >= 11 is 0. The molecule has 12 rings (SSSR count). The highest BCUT2D eigenvalue weighted by Crippen LogP contribution is 2.44. The van der Waals surface area contributed by atoms with Crippen LogP contribution in [0, 0.1) is 0 Å². The first kappa shape index (κ1) is 33.3. The Bertz CT molecular complexity index is 3390. The smallest absolute Gasteiger partial charge is 0.238 e. The zero-order chi connectivity index (χ0) is 38.9. The van der Waals surface area contributed by atoms with Gasteiger partial charge in [0, 0.05) is 49.9 Å². The van der Waals surface area contributed by atoms with Crippen molar-refractivity contribution >= 4 is 60.4 Å². The van der Waals surface area contributed by atoms with E-state index >= 15 is 0 Å². The minimum absolute atomic E-state index is 0.131. The number of aromatic nitrogens is 6. The van der Waals surface area contributed by atoms with Gasteiger partial charge >= 0.3 is 0 Å². The molecule has 7 aromatic carbocycles. The van der Waals surface area contributed by atoms with E-state index in [-0.39, 0.29) is 5.92 Å². The zero-order valence-corrected chi connectivity index (χ0v) is 31.8. The molecule has 278 valence electrons. The SMILES string of the molecule is C1=CC(c2cccc(-c3nc4ccccc4o3)c2)CC(n2c3ccccc3c3ccc4c5ccccc5n(-c5nc(-c6ccccc6)nc(-c6ccccc6)n5)c4c32)=C1. The molecule has 0 bridgehead atoms. The summed E-state index contributed by atoms with van der Waals surface area (Å²) in [4.78, 5) is 20.4. The summed E-state index contributed by atoms with van der Waals surface area (Å²) in [6, 6.07) is 58.7. The lowest BCUT2D eigenvalue weighted by atomic mass is 9.89. The van der Waals surface area contributed by atoms with Crippen molar-refractivity contribution in [3.05, 3.63) is 194 Å². The molecule has 0 saturated carbocycles. The molecule has 1 aliphatic rings. The van der Waals surface area contributed by atoms with E-state index in [2.05, 4.69) is 137 Å². The van der Waals surface area contributed by atoms with Crippen molar-refractivity contribution in [1.29, 1.82) is 0 Å². The Morgan fingerprint density at radius 2 is 1.08 bits per heavy atom. The molecular formula is C52H34N6O. The second-order valence-electron chi connectivity index (χ2n) is 15.0. The van der Waals surface area contributed by atoms with Crippen molar-refractivity contribution in [2.45, 2.75) is 12.3 Å². The van der Waals surface area contributed by atoms with Gasteiger partial charge < -0.3 is 8.98 Å². The standard InChI is InChI=1S/C52H34N6O/c1-3-15-33(16-4-1)49-54-50(34-17-5-2-6-18-34)56-52(55-49)58-45-27-11-8-24-40(45)42-30-29-41-39-23-7-10-26-44(39)57(47(41)48(42)58)38-22-14-20-36(32-38)35-19-13-21-37(31-35)51-53-43-25-9-12-28-46(43)59-51/h1-31,36H,32H2. The highest BCUT2D eigenvalue weighted by Gasteiger charge is 2.26. The molecule has 11 aromatic rings. The molecule has 1 atom stereocenters. The number of nitrogens with zero attached hydrogens (tertiary/aromatic N) is 6. The van der Waals surface area contributed by atoms with Crippen LogP contribution < -0.4 is 0 Å². The van der Waals surface area contributed by atoms with Crippen LogP contribution in [0.25, 0.3) is 101 Å². The van der Waals surface area contributed by atoms with Crippen molar-refractivity contribution in [1.82, 2.24) is 29.1 Å². The molecule has 0 saturated heterocycles. The molecular weight excluding hydrogens is 725 g/mol. The highest BCUT2D eigenvalue weighted by atomic mass is 16.3. The molecule has 59 heavy (non-hydrogen) atoms. The predicted octanol–water partition coefficient (Wildman–Crippen LogP) is 12.8. The van der Waals surface area contributed by atoms with E-state index in [9.17, 15) is 0 Å². The Labute approximate surface area is 338 Å². The third-order valence-corrected chi connectivity index (χ3v) is 11.6. The van der Waals surface area contributed by atoms with Gasteiger partial charge in [-0.15, -0.1) is 0 Å². The first-order valence-electron chi connectivity index (χ1n) is 19.9. The Hall–Kier alpha value is -7.90. The largest absolute Gasteiger partial charge is 0.436 e. The van der Waals surface area contributed by atoms with Gasteiger partial charge in [0.2, 0.25) is 11.8 Å². The summed E-state index contributed by atoms with van der Waals surface area (Å²) in [5, 5.41) is 4.63. The van der Waals surface area contributed by atoms with E-state index in [1.54, 1.807) is 0 Å². The van der Waals surface area contributed by atoms with Gasteiger partial charge in [-0.1, -0.05) is 146 Å². The number of hydrogen-bond donors (Lipinski definition) is 0. The van der Waals surface area contributed by atoms with Gasteiger partial charge in [-0.3, -0.25) is 4.57 Å². The number of benzene rings is 7. The Balaban J connectivity index is 1.08. The first-order chi connectivity index (χ1) is 29.2. The van der Waals surface area contributed by atoms with Crippen LogP contribution in [0.3, 0.4) is 0 Å². The number of oxazole rings is 1. The normalized spacial score (nSPS) is 14.2. The lowest BCUT2D eigenvalue weighted by molar-refractivity contribution is 0.619. The second-order valence-corrected chi connectivity index (χ2v) is 15.0. The van der Waals surface area contributed by atoms with Gasteiger partial charge in [0.15, 0.2) is 17.2 Å². The molecule has 4 heterocycles. The topological polar surface area (TPSA) is 74.6 Å². The third-order valence-electron chi connectivity index (χ3n) is 11.6. The van der Waals surface area contributed by atoms with E-state index in [1.807, 2.05) is 60.7 Å². The maximum absolute atomic E-state index is 6.19. The van der Waals surface area contributed by atoms with Crippen molar-refractivity contribution in [2.75, 3.05) is 0 Å². The van der Waals surface area contributed by atoms with E-state index in [0.717, 1.165) is 67.1 Å². The molecule has 0 N–H and O–H groups in total. The van der Waals surface area contributed by atoms with Crippen LogP contribution in [0.1, 0.15) is 17.9 Å². The second kappa shape index (κ2) is 13.4. The highest BCUT2D eigenvalue weighted by molar-refractivity contribution is 6.24. The van der Waals surface area contributed by atoms with Crippen LogP contribution in [-0.4, -0.2) is 29.1 Å². The predicted molar refractivity (Wildman–Crippen MR) is 238 cm³/mol. The van der Waals surface area contributed by atoms with Crippen LogP contribution in [-0.2, 0) is 0 Å². The van der Waals surface area contributed by atoms with Crippen LogP contribution in [0.4, 0.5) is 0 Å². The minimum Gasteiger partial charge on any atom is -0.436 e. The Kier molecular flexibility index (Phi) is 7.53. The summed E-state index contributed by atoms with van der Waals surface area (Å²) in [5.74, 6) is 2.57. The van der Waals surface area contributed by atoms with Crippen LogP contribution in [0.15, 0.2) is 193 Å². The van der Waals surface area contributed by atoms with E-state index in [4.69, 9.17) is 24.4 Å². The fourth-order valence-corrected chi connectivity index (χ4v) is 8.86. The number of fused-ring (bicyclic) bond motifs is 8. The van der Waals surface area contributed by atoms with E-state index in [0.29, 0.717) is 23.5 Å². The van der Waals surface area contributed by atoms with Gasteiger partial charge in [0.1, 0.15) is 5.52 Å². The van der Waals surface area contributed by atoms with Gasteiger partial charge in [-0.2, -0.15) is 9.97 Å². The fourth-order valence-electron chi connectivity index (χ4n) is 8.86. The van der Waals surface area contributed by atoms with Crippen LogP contribution in [0.2, 0.25) is 0 Å².